The molecule has 0 aliphatic rings. The summed E-state index contributed by atoms with van der Waals surface area (Å²) >= 11 is 0. The van der Waals surface area contributed by atoms with Crippen LogP contribution in [0.4, 0.5) is 0 Å². The van der Waals surface area contributed by atoms with Crippen LogP contribution in [0.2, 0.25) is 0 Å². The summed E-state index contributed by atoms with van der Waals surface area (Å²) in [6, 6.07) is -0.144. The smallest absolute Gasteiger partial charge is 0.151 e. The van der Waals surface area contributed by atoms with E-state index in [0.717, 1.165) is 12.1 Å². The fraction of sp³-hybridized carbons (Fsp3) is 0.667. The van der Waals surface area contributed by atoms with Crippen LogP contribution in [0.5, 0.6) is 0 Å². The molecule has 0 fully saturated rings. The van der Waals surface area contributed by atoms with Crippen LogP contribution in [0.25, 0.3) is 0 Å². The lowest BCUT2D eigenvalue weighted by molar-refractivity contribution is -0.118. The van der Waals surface area contributed by atoms with Crippen molar-refractivity contribution in [3.05, 3.63) is 12.3 Å². The van der Waals surface area contributed by atoms with Gasteiger partial charge in [-0.15, -0.1) is 0 Å². The third-order valence-electron chi connectivity index (χ3n) is 1.64. The molecule has 0 aliphatic heterocycles. The molecule has 1 N–H and O–H groups in total. The number of hydrogen-bond acceptors (Lipinski definition) is 3. The highest BCUT2D eigenvalue weighted by atomic mass is 16.5. The maximum Gasteiger partial charge on any atom is 0.151 e. The van der Waals surface area contributed by atoms with Crippen LogP contribution in [0.3, 0.4) is 0 Å². The molecule has 0 aliphatic carbocycles. The molecule has 0 spiro atoms. The minimum Gasteiger partial charge on any atom is -0.384 e. The Hall–Kier alpha value is -0.830. The van der Waals surface area contributed by atoms with Gasteiger partial charge >= 0.3 is 0 Å². The van der Waals surface area contributed by atoms with Crippen molar-refractivity contribution in [1.82, 2.24) is 5.32 Å². The number of ether oxygens (including phenoxy) is 1. The molecule has 3 nitrogen and oxygen atoms in total. The van der Waals surface area contributed by atoms with Gasteiger partial charge in [0.2, 0.25) is 0 Å². The zero-order chi connectivity index (χ0) is 9.56. The van der Waals surface area contributed by atoms with E-state index in [1.807, 2.05) is 6.92 Å². The van der Waals surface area contributed by atoms with Crippen molar-refractivity contribution in [1.29, 1.82) is 0 Å². The molecule has 70 valence electrons. The molecule has 0 aromatic heterocycles. The minimum atomic E-state index is -0.144. The van der Waals surface area contributed by atoms with Crippen LogP contribution in [0.1, 0.15) is 20.3 Å². The first kappa shape index (κ1) is 11.2. The van der Waals surface area contributed by atoms with Crippen molar-refractivity contribution < 1.29 is 9.53 Å². The zero-order valence-electron chi connectivity index (χ0n) is 8.02. The molecule has 0 heterocycles. The van der Waals surface area contributed by atoms with E-state index in [0.29, 0.717) is 6.61 Å². The Balaban J connectivity index is 3.61. The van der Waals surface area contributed by atoms with Gasteiger partial charge in [-0.05, 0) is 13.8 Å². The number of nitrogens with one attached hydrogen (secondary N) is 1. The van der Waals surface area contributed by atoms with Crippen LogP contribution in [0.15, 0.2) is 12.3 Å². The highest BCUT2D eigenvalue weighted by Crippen LogP contribution is 1.96. The summed E-state index contributed by atoms with van der Waals surface area (Å²) < 4.78 is 4.87. The number of hydrogen-bond donors (Lipinski definition) is 1. The van der Waals surface area contributed by atoms with E-state index in [2.05, 4.69) is 11.9 Å². The Morgan fingerprint density at radius 2 is 2.25 bits per heavy atom. The van der Waals surface area contributed by atoms with Crippen molar-refractivity contribution in [3.63, 3.8) is 0 Å². The van der Waals surface area contributed by atoms with E-state index in [1.54, 1.807) is 14.0 Å². The lowest BCUT2D eigenvalue weighted by atomic mass is 10.2. The molecule has 3 heteroatoms. The van der Waals surface area contributed by atoms with Gasteiger partial charge in [0.15, 0.2) is 5.78 Å². The van der Waals surface area contributed by atoms with Crippen LogP contribution >= 0.6 is 0 Å². The van der Waals surface area contributed by atoms with Gasteiger partial charge < -0.3 is 10.1 Å². The summed E-state index contributed by atoms with van der Waals surface area (Å²) in [5.41, 5.74) is 0.847. The van der Waals surface area contributed by atoms with Gasteiger partial charge in [-0.1, -0.05) is 6.58 Å². The monoisotopic (exact) mass is 171 g/mol. The van der Waals surface area contributed by atoms with Gasteiger partial charge in [0.1, 0.15) is 0 Å². The lowest BCUT2D eigenvalue weighted by Crippen LogP contribution is -2.31. The fourth-order valence-electron chi connectivity index (χ4n) is 0.705. The third-order valence-corrected chi connectivity index (χ3v) is 1.64. The summed E-state index contributed by atoms with van der Waals surface area (Å²) in [6.07, 6.45) is 0.744. The normalized spacial score (nSPS) is 12.2. The number of rotatable bonds is 6. The molecule has 1 atom stereocenters. The van der Waals surface area contributed by atoms with Crippen molar-refractivity contribution >= 4 is 5.78 Å². The lowest BCUT2D eigenvalue weighted by Gasteiger charge is -2.13. The van der Waals surface area contributed by atoms with E-state index in [9.17, 15) is 4.79 Å². The molecule has 0 amide bonds. The fourth-order valence-corrected chi connectivity index (χ4v) is 0.705. The maximum absolute atomic E-state index is 10.8. The Morgan fingerprint density at radius 3 is 2.67 bits per heavy atom. The first-order valence-corrected chi connectivity index (χ1v) is 4.01. The average Bonchev–Trinajstić information content (AvgIpc) is 2.00. The largest absolute Gasteiger partial charge is 0.384 e. The second-order valence-corrected chi connectivity index (χ2v) is 2.82. The zero-order valence-corrected chi connectivity index (χ0v) is 8.02. The topological polar surface area (TPSA) is 38.3 Å². The van der Waals surface area contributed by atoms with Gasteiger partial charge in [0.05, 0.1) is 12.6 Å². The van der Waals surface area contributed by atoms with Crippen LogP contribution in [-0.2, 0) is 9.53 Å². The Labute approximate surface area is 73.8 Å². The Bertz CT molecular complexity index is 166. The molecule has 0 radical (unpaired) electrons. The minimum absolute atomic E-state index is 0.119. The SMILES string of the molecule is C=C(CCOC)N[C@@H](C)C(C)=O. The standard InChI is InChI=1S/C9H17NO2/c1-7(5-6-12-4)10-8(2)9(3)11/h8,10H,1,5-6H2,2-4H3/t8-/m0/s1. The number of carbonyl (C=O) groups excluding carboxylic acids is 1. The maximum atomic E-state index is 10.8. The Kier molecular flexibility index (Phi) is 5.37. The van der Waals surface area contributed by atoms with Crippen molar-refractivity contribution in [2.45, 2.75) is 26.3 Å². The van der Waals surface area contributed by atoms with E-state index in [1.165, 1.54) is 0 Å². The summed E-state index contributed by atoms with van der Waals surface area (Å²) in [5, 5.41) is 2.99. The van der Waals surface area contributed by atoms with Crippen molar-refractivity contribution in [2.75, 3.05) is 13.7 Å². The van der Waals surface area contributed by atoms with Gasteiger partial charge in [-0.25, -0.2) is 0 Å². The number of methoxy groups -OCH3 is 1. The predicted octanol–water partition coefficient (Wildman–Crippen LogP) is 1.10. The molecule has 0 saturated carbocycles. The summed E-state index contributed by atoms with van der Waals surface area (Å²) in [6.45, 7) is 7.78. The number of Topliss-reactive ketones (excluding diaryl/α,β-unsaturated/α-hetero) is 1. The summed E-state index contributed by atoms with van der Waals surface area (Å²) in [7, 11) is 1.64. The molecular weight excluding hydrogens is 154 g/mol. The second-order valence-electron chi connectivity index (χ2n) is 2.82. The predicted molar refractivity (Wildman–Crippen MR) is 48.9 cm³/mol. The third kappa shape index (κ3) is 4.91. The van der Waals surface area contributed by atoms with Gasteiger partial charge in [0, 0.05) is 19.2 Å². The molecule has 12 heavy (non-hydrogen) atoms. The first-order chi connectivity index (χ1) is 5.57. The molecule has 0 saturated heterocycles. The number of ketones is 1. The van der Waals surface area contributed by atoms with E-state index >= 15 is 0 Å². The van der Waals surface area contributed by atoms with Gasteiger partial charge in [-0.3, -0.25) is 4.79 Å². The number of carbonyl (C=O) groups is 1. The average molecular weight is 171 g/mol. The van der Waals surface area contributed by atoms with Gasteiger partial charge in [0.25, 0.3) is 0 Å². The van der Waals surface area contributed by atoms with E-state index < -0.39 is 0 Å². The highest BCUT2D eigenvalue weighted by molar-refractivity contribution is 5.81. The highest BCUT2D eigenvalue weighted by Gasteiger charge is 2.06. The summed E-state index contributed by atoms with van der Waals surface area (Å²) in [5.74, 6) is 0.119. The van der Waals surface area contributed by atoms with Crippen LogP contribution in [0, 0.1) is 0 Å². The molecule has 0 unspecified atom stereocenters. The first-order valence-electron chi connectivity index (χ1n) is 4.01. The summed E-state index contributed by atoms with van der Waals surface area (Å²) in [4.78, 5) is 10.8. The quantitative estimate of drug-likeness (QED) is 0.650. The van der Waals surface area contributed by atoms with E-state index in [4.69, 9.17) is 4.74 Å². The van der Waals surface area contributed by atoms with Crippen molar-refractivity contribution in [3.8, 4) is 0 Å². The molecular formula is C9H17NO2. The molecule has 0 aromatic carbocycles. The van der Waals surface area contributed by atoms with Gasteiger partial charge in [-0.2, -0.15) is 0 Å². The van der Waals surface area contributed by atoms with Crippen LogP contribution in [-0.4, -0.2) is 25.5 Å². The van der Waals surface area contributed by atoms with Crippen molar-refractivity contribution in [2.24, 2.45) is 0 Å². The second kappa shape index (κ2) is 5.77. The molecule has 0 rings (SSSR count). The van der Waals surface area contributed by atoms with Crippen LogP contribution < -0.4 is 5.32 Å². The molecule has 0 bridgehead atoms. The van der Waals surface area contributed by atoms with E-state index in [-0.39, 0.29) is 11.8 Å². The Morgan fingerprint density at radius 1 is 1.67 bits per heavy atom. The molecule has 0 aromatic rings.